The van der Waals surface area contributed by atoms with Gasteiger partial charge < -0.3 is 5.32 Å². The normalized spacial score (nSPS) is 10.9. The SMILES string of the molecule is CC(=O)c1ccccc1NC(=O)CSc1nc2ccc(Cl)cc2c(=O)n1-c1ccc(F)cc1F. The summed E-state index contributed by atoms with van der Waals surface area (Å²) in [6, 6.07) is 13.9. The molecule has 0 aliphatic rings. The molecule has 0 saturated carbocycles. The number of carbonyl (C=O) groups excluding carboxylic acids is 2. The average molecular weight is 500 g/mol. The number of benzene rings is 3. The molecule has 0 radical (unpaired) electrons. The summed E-state index contributed by atoms with van der Waals surface area (Å²) >= 11 is 6.90. The molecule has 0 aliphatic heterocycles. The van der Waals surface area contributed by atoms with E-state index in [2.05, 4.69) is 10.3 Å². The number of nitrogens with one attached hydrogen (secondary N) is 1. The smallest absolute Gasteiger partial charge is 0.266 e. The van der Waals surface area contributed by atoms with Gasteiger partial charge in [-0.05, 0) is 49.4 Å². The molecule has 4 aromatic rings. The van der Waals surface area contributed by atoms with E-state index in [1.54, 1.807) is 30.3 Å². The second-order valence-corrected chi connectivity index (χ2v) is 8.61. The van der Waals surface area contributed by atoms with Crippen molar-refractivity contribution in [3.05, 3.63) is 93.2 Å². The van der Waals surface area contributed by atoms with E-state index in [1.807, 2.05) is 0 Å². The second-order valence-electron chi connectivity index (χ2n) is 7.23. The molecular formula is C24H16ClF2N3O3S. The maximum atomic E-state index is 14.6. The third-order valence-electron chi connectivity index (χ3n) is 4.86. The topological polar surface area (TPSA) is 81.1 Å². The van der Waals surface area contributed by atoms with Crippen LogP contribution < -0.4 is 10.9 Å². The summed E-state index contributed by atoms with van der Waals surface area (Å²) in [5.74, 6) is -2.63. The summed E-state index contributed by atoms with van der Waals surface area (Å²) in [4.78, 5) is 42.1. The predicted octanol–water partition coefficient (Wildman–Crippen LogP) is 5.25. The van der Waals surface area contributed by atoms with Gasteiger partial charge in [0.25, 0.3) is 5.56 Å². The number of fused-ring (bicyclic) bond motifs is 1. The van der Waals surface area contributed by atoms with Crippen molar-refractivity contribution in [2.75, 3.05) is 11.1 Å². The average Bonchev–Trinajstić information content (AvgIpc) is 2.79. The van der Waals surface area contributed by atoms with Gasteiger partial charge in [0.15, 0.2) is 10.9 Å². The Hall–Kier alpha value is -3.56. The van der Waals surface area contributed by atoms with E-state index >= 15 is 0 Å². The molecule has 0 aliphatic carbocycles. The molecule has 3 aromatic carbocycles. The standard InChI is InChI=1S/C24H16ClF2N3O3S/c1-13(31)16-4-2-3-5-19(16)28-22(32)12-34-24-29-20-8-6-14(25)10-17(20)23(33)30(24)21-9-7-15(26)11-18(21)27/h2-11H,12H2,1H3,(H,28,32). The third kappa shape index (κ3) is 4.85. The van der Waals surface area contributed by atoms with Crippen molar-refractivity contribution in [3.8, 4) is 5.69 Å². The van der Waals surface area contributed by atoms with Crippen LogP contribution >= 0.6 is 23.4 Å². The number of amides is 1. The van der Waals surface area contributed by atoms with Gasteiger partial charge >= 0.3 is 0 Å². The highest BCUT2D eigenvalue weighted by atomic mass is 35.5. The number of hydrogen-bond acceptors (Lipinski definition) is 5. The molecule has 1 amide bonds. The zero-order valence-corrected chi connectivity index (χ0v) is 19.2. The Morgan fingerprint density at radius 3 is 2.59 bits per heavy atom. The first-order valence-corrected chi connectivity index (χ1v) is 11.3. The molecule has 1 N–H and O–H groups in total. The van der Waals surface area contributed by atoms with Gasteiger partial charge in [-0.3, -0.25) is 19.0 Å². The van der Waals surface area contributed by atoms with E-state index in [1.165, 1.54) is 19.1 Å². The molecule has 10 heteroatoms. The minimum atomic E-state index is -0.966. The van der Waals surface area contributed by atoms with E-state index in [9.17, 15) is 23.2 Å². The van der Waals surface area contributed by atoms with Gasteiger partial charge in [0.05, 0.1) is 28.0 Å². The van der Waals surface area contributed by atoms with Gasteiger partial charge in [-0.2, -0.15) is 0 Å². The first-order valence-electron chi connectivity index (χ1n) is 9.95. The summed E-state index contributed by atoms with van der Waals surface area (Å²) in [6.45, 7) is 1.39. The number of hydrogen-bond donors (Lipinski definition) is 1. The van der Waals surface area contributed by atoms with E-state index in [4.69, 9.17) is 11.6 Å². The van der Waals surface area contributed by atoms with Crippen molar-refractivity contribution in [3.63, 3.8) is 0 Å². The van der Waals surface area contributed by atoms with Crippen molar-refractivity contribution >= 4 is 51.6 Å². The molecule has 0 atom stereocenters. The van der Waals surface area contributed by atoms with Crippen molar-refractivity contribution in [1.82, 2.24) is 9.55 Å². The Bertz CT molecular complexity index is 1510. The van der Waals surface area contributed by atoms with Gasteiger partial charge in [-0.25, -0.2) is 13.8 Å². The molecule has 1 aromatic heterocycles. The number of para-hydroxylation sites is 1. The fraction of sp³-hybridized carbons (Fsp3) is 0.0833. The van der Waals surface area contributed by atoms with Crippen LogP contribution in [0, 0.1) is 11.6 Å². The van der Waals surface area contributed by atoms with Crippen LogP contribution in [0.25, 0.3) is 16.6 Å². The lowest BCUT2D eigenvalue weighted by atomic mass is 10.1. The summed E-state index contributed by atoms with van der Waals surface area (Å²) in [6.07, 6.45) is 0. The first-order chi connectivity index (χ1) is 16.2. The van der Waals surface area contributed by atoms with Crippen molar-refractivity contribution in [2.45, 2.75) is 12.1 Å². The minimum Gasteiger partial charge on any atom is -0.325 e. The quantitative estimate of drug-likeness (QED) is 0.222. The van der Waals surface area contributed by atoms with E-state index in [0.29, 0.717) is 27.9 Å². The fourth-order valence-corrected chi connectivity index (χ4v) is 4.30. The number of ketones is 1. The molecule has 0 unspecified atom stereocenters. The molecular weight excluding hydrogens is 484 g/mol. The molecule has 0 bridgehead atoms. The maximum Gasteiger partial charge on any atom is 0.266 e. The maximum absolute atomic E-state index is 14.6. The third-order valence-corrected chi connectivity index (χ3v) is 6.04. The summed E-state index contributed by atoms with van der Waals surface area (Å²) in [7, 11) is 0. The molecule has 0 fully saturated rings. The Labute approximate surface area is 201 Å². The zero-order chi connectivity index (χ0) is 24.4. The van der Waals surface area contributed by atoms with Crippen LogP contribution in [0.1, 0.15) is 17.3 Å². The van der Waals surface area contributed by atoms with Crippen LogP contribution in [0.5, 0.6) is 0 Å². The fourth-order valence-electron chi connectivity index (χ4n) is 3.32. The zero-order valence-electron chi connectivity index (χ0n) is 17.6. The summed E-state index contributed by atoms with van der Waals surface area (Å²) in [5, 5.41) is 3.12. The Balaban J connectivity index is 1.72. The first kappa shape index (κ1) is 23.6. The van der Waals surface area contributed by atoms with Crippen LogP contribution in [0.2, 0.25) is 5.02 Å². The van der Waals surface area contributed by atoms with E-state index < -0.39 is 23.1 Å². The highest BCUT2D eigenvalue weighted by molar-refractivity contribution is 7.99. The highest BCUT2D eigenvalue weighted by Gasteiger charge is 2.19. The number of aromatic nitrogens is 2. The Kier molecular flexibility index (Phi) is 6.76. The van der Waals surface area contributed by atoms with Gasteiger partial charge in [-0.1, -0.05) is 35.5 Å². The molecule has 34 heavy (non-hydrogen) atoms. The lowest BCUT2D eigenvalue weighted by molar-refractivity contribution is -0.113. The number of halogens is 3. The van der Waals surface area contributed by atoms with Gasteiger partial charge in [0.2, 0.25) is 5.91 Å². The van der Waals surface area contributed by atoms with Gasteiger partial charge in [0, 0.05) is 16.7 Å². The largest absolute Gasteiger partial charge is 0.325 e. The minimum absolute atomic E-state index is 0.0281. The number of Topliss-reactive ketones (excluding diaryl/α,β-unsaturated/α-hetero) is 1. The van der Waals surface area contributed by atoms with Gasteiger partial charge in [0.1, 0.15) is 11.6 Å². The number of rotatable bonds is 6. The van der Waals surface area contributed by atoms with Crippen LogP contribution in [0.3, 0.4) is 0 Å². The van der Waals surface area contributed by atoms with Crippen LogP contribution in [-0.2, 0) is 4.79 Å². The van der Waals surface area contributed by atoms with Crippen LogP contribution in [0.4, 0.5) is 14.5 Å². The van der Waals surface area contributed by atoms with Gasteiger partial charge in [-0.15, -0.1) is 0 Å². The highest BCUT2D eigenvalue weighted by Crippen LogP contribution is 2.25. The molecule has 0 spiro atoms. The monoisotopic (exact) mass is 499 g/mol. The second kappa shape index (κ2) is 9.74. The molecule has 1 heterocycles. The lowest BCUT2D eigenvalue weighted by Gasteiger charge is -2.14. The van der Waals surface area contributed by atoms with Crippen LogP contribution in [0.15, 0.2) is 70.6 Å². The van der Waals surface area contributed by atoms with E-state index in [-0.39, 0.29) is 27.8 Å². The van der Waals surface area contributed by atoms with Crippen molar-refractivity contribution in [2.24, 2.45) is 0 Å². The Morgan fingerprint density at radius 2 is 1.85 bits per heavy atom. The number of nitrogens with zero attached hydrogens (tertiary/aromatic N) is 2. The molecule has 172 valence electrons. The number of carbonyl (C=O) groups is 2. The molecule has 6 nitrogen and oxygen atoms in total. The predicted molar refractivity (Wildman–Crippen MR) is 128 cm³/mol. The molecule has 0 saturated heterocycles. The summed E-state index contributed by atoms with van der Waals surface area (Å²) < 4.78 is 29.1. The van der Waals surface area contributed by atoms with Crippen molar-refractivity contribution in [1.29, 1.82) is 0 Å². The molecule has 4 rings (SSSR count). The van der Waals surface area contributed by atoms with E-state index in [0.717, 1.165) is 28.5 Å². The lowest BCUT2D eigenvalue weighted by Crippen LogP contribution is -2.24. The summed E-state index contributed by atoms with van der Waals surface area (Å²) in [5.41, 5.74) is 0.169. The van der Waals surface area contributed by atoms with Crippen LogP contribution in [-0.4, -0.2) is 27.0 Å². The number of thioether (sulfide) groups is 1. The number of anilines is 1. The van der Waals surface area contributed by atoms with Crippen molar-refractivity contribution < 1.29 is 18.4 Å². The Morgan fingerprint density at radius 1 is 1.09 bits per heavy atom.